The Morgan fingerprint density at radius 2 is 2.00 bits per heavy atom. The van der Waals surface area contributed by atoms with Crippen molar-refractivity contribution >= 4 is 5.82 Å². The van der Waals surface area contributed by atoms with Crippen molar-refractivity contribution in [1.29, 1.82) is 0 Å². The number of anilines is 1. The number of hydrogen-bond acceptors (Lipinski definition) is 4. The van der Waals surface area contributed by atoms with Gasteiger partial charge in [0, 0.05) is 26.3 Å². The Morgan fingerprint density at radius 3 is 2.54 bits per heavy atom. The van der Waals surface area contributed by atoms with Crippen molar-refractivity contribution in [2.75, 3.05) is 39.1 Å². The zero-order chi connectivity index (χ0) is 9.68. The van der Waals surface area contributed by atoms with Gasteiger partial charge in [-0.1, -0.05) is 0 Å². The summed E-state index contributed by atoms with van der Waals surface area (Å²) >= 11 is 0. The van der Waals surface area contributed by atoms with Gasteiger partial charge in [-0.25, -0.2) is 0 Å². The van der Waals surface area contributed by atoms with Gasteiger partial charge in [-0.3, -0.25) is 0 Å². The first-order valence-electron chi connectivity index (χ1n) is 4.33. The summed E-state index contributed by atoms with van der Waals surface area (Å²) in [5.74, 6) is 0.921. The maximum absolute atomic E-state index is 4.01. The molecule has 0 aliphatic carbocycles. The number of rotatable bonds is 4. The topological polar surface area (TPSA) is 32.3 Å². The van der Waals surface area contributed by atoms with E-state index in [4.69, 9.17) is 0 Å². The third-order valence-electron chi connectivity index (χ3n) is 1.83. The lowest BCUT2D eigenvalue weighted by atomic mass is 10.4. The van der Waals surface area contributed by atoms with Gasteiger partial charge >= 0.3 is 0 Å². The van der Waals surface area contributed by atoms with Gasteiger partial charge in [0.1, 0.15) is 0 Å². The Bertz CT molecular complexity index is 235. The summed E-state index contributed by atoms with van der Waals surface area (Å²) < 4.78 is 0. The molecule has 1 rings (SSSR count). The summed E-state index contributed by atoms with van der Waals surface area (Å²) in [6, 6.07) is 3.86. The Kier molecular flexibility index (Phi) is 3.64. The lowest BCUT2D eigenvalue weighted by Gasteiger charge is -2.19. The fourth-order valence-electron chi connectivity index (χ4n) is 0.962. The Morgan fingerprint density at radius 1 is 1.23 bits per heavy atom. The first-order valence-corrected chi connectivity index (χ1v) is 4.33. The summed E-state index contributed by atoms with van der Waals surface area (Å²) in [5, 5.41) is 7.84. The number of nitrogens with zero attached hydrogens (tertiary/aromatic N) is 4. The predicted molar refractivity (Wildman–Crippen MR) is 53.9 cm³/mol. The Hall–Kier alpha value is -1.16. The van der Waals surface area contributed by atoms with Crippen molar-refractivity contribution in [3.05, 3.63) is 18.3 Å². The van der Waals surface area contributed by atoms with Crippen LogP contribution in [0.2, 0.25) is 0 Å². The molecule has 0 amide bonds. The van der Waals surface area contributed by atoms with Crippen LogP contribution in [0.4, 0.5) is 5.82 Å². The fraction of sp³-hybridized carbons (Fsp3) is 0.556. The highest BCUT2D eigenvalue weighted by Crippen LogP contribution is 2.03. The van der Waals surface area contributed by atoms with E-state index in [2.05, 4.69) is 34.1 Å². The molecule has 0 radical (unpaired) electrons. The van der Waals surface area contributed by atoms with Gasteiger partial charge in [-0.05, 0) is 26.2 Å². The molecule has 4 heteroatoms. The van der Waals surface area contributed by atoms with E-state index in [1.54, 1.807) is 6.20 Å². The molecule has 4 nitrogen and oxygen atoms in total. The average Bonchev–Trinajstić information content (AvgIpc) is 2.15. The van der Waals surface area contributed by atoms with Gasteiger partial charge in [-0.2, -0.15) is 5.10 Å². The second-order valence-corrected chi connectivity index (χ2v) is 3.31. The van der Waals surface area contributed by atoms with Gasteiger partial charge in [0.2, 0.25) is 0 Å². The van der Waals surface area contributed by atoms with Crippen LogP contribution in [0.1, 0.15) is 0 Å². The van der Waals surface area contributed by atoms with Crippen molar-refractivity contribution in [1.82, 2.24) is 15.1 Å². The van der Waals surface area contributed by atoms with E-state index in [9.17, 15) is 0 Å². The lowest BCUT2D eigenvalue weighted by Crippen LogP contribution is -2.29. The van der Waals surface area contributed by atoms with Gasteiger partial charge < -0.3 is 9.80 Å². The highest BCUT2D eigenvalue weighted by molar-refractivity contribution is 5.34. The smallest absolute Gasteiger partial charge is 0.151 e. The number of likely N-dealkylation sites (N-methyl/N-ethyl adjacent to an activating group) is 2. The second-order valence-electron chi connectivity index (χ2n) is 3.31. The van der Waals surface area contributed by atoms with Crippen LogP contribution >= 0.6 is 0 Å². The van der Waals surface area contributed by atoms with E-state index in [0.717, 1.165) is 18.9 Å². The van der Waals surface area contributed by atoms with Gasteiger partial charge in [0.15, 0.2) is 5.82 Å². The van der Waals surface area contributed by atoms with E-state index in [1.165, 1.54) is 0 Å². The minimum Gasteiger partial charge on any atom is -0.357 e. The van der Waals surface area contributed by atoms with E-state index in [0.29, 0.717) is 0 Å². The third-order valence-corrected chi connectivity index (χ3v) is 1.83. The molecule has 0 bridgehead atoms. The molecule has 0 unspecified atom stereocenters. The van der Waals surface area contributed by atoms with Crippen molar-refractivity contribution in [2.45, 2.75) is 0 Å². The standard InChI is InChI=1S/C9H16N4/c1-12(2)7-8-13(3)9-5-4-6-10-11-9/h4-6H,7-8H2,1-3H3. The highest BCUT2D eigenvalue weighted by Gasteiger charge is 2.01. The molecule has 72 valence electrons. The molecule has 0 fully saturated rings. The molecule has 0 saturated heterocycles. The van der Waals surface area contributed by atoms with Crippen LogP contribution in [0, 0.1) is 0 Å². The predicted octanol–water partition coefficient (Wildman–Crippen LogP) is 0.474. The summed E-state index contributed by atoms with van der Waals surface area (Å²) in [6.07, 6.45) is 1.68. The van der Waals surface area contributed by atoms with Gasteiger partial charge in [-0.15, -0.1) is 5.10 Å². The summed E-state index contributed by atoms with van der Waals surface area (Å²) in [7, 11) is 6.14. The van der Waals surface area contributed by atoms with E-state index >= 15 is 0 Å². The molecule has 0 spiro atoms. The van der Waals surface area contributed by atoms with Crippen molar-refractivity contribution < 1.29 is 0 Å². The molecular formula is C9H16N4. The quantitative estimate of drug-likeness (QED) is 0.674. The van der Waals surface area contributed by atoms with Crippen LogP contribution < -0.4 is 4.90 Å². The molecule has 0 aromatic carbocycles. The molecule has 0 N–H and O–H groups in total. The molecule has 0 saturated carbocycles. The van der Waals surface area contributed by atoms with E-state index in [1.807, 2.05) is 19.2 Å². The van der Waals surface area contributed by atoms with E-state index < -0.39 is 0 Å². The summed E-state index contributed by atoms with van der Waals surface area (Å²) in [4.78, 5) is 4.24. The first-order chi connectivity index (χ1) is 6.20. The zero-order valence-corrected chi connectivity index (χ0v) is 8.44. The summed E-state index contributed by atoms with van der Waals surface area (Å²) in [5.41, 5.74) is 0. The molecule has 1 heterocycles. The third kappa shape index (κ3) is 3.38. The van der Waals surface area contributed by atoms with Crippen LogP contribution in [0.5, 0.6) is 0 Å². The SMILES string of the molecule is CN(C)CCN(C)c1cccnn1. The maximum atomic E-state index is 4.01. The Balaban J connectivity index is 2.44. The van der Waals surface area contributed by atoms with Gasteiger partial charge in [0.25, 0.3) is 0 Å². The summed E-state index contributed by atoms with van der Waals surface area (Å²) in [6.45, 7) is 1.98. The van der Waals surface area contributed by atoms with Crippen molar-refractivity contribution in [3.8, 4) is 0 Å². The monoisotopic (exact) mass is 180 g/mol. The van der Waals surface area contributed by atoms with Crippen LogP contribution in [-0.2, 0) is 0 Å². The number of hydrogen-bond donors (Lipinski definition) is 0. The average molecular weight is 180 g/mol. The molecule has 0 aliphatic heterocycles. The minimum atomic E-state index is 0.921. The maximum Gasteiger partial charge on any atom is 0.151 e. The zero-order valence-electron chi connectivity index (χ0n) is 8.44. The van der Waals surface area contributed by atoms with Crippen LogP contribution in [0.3, 0.4) is 0 Å². The highest BCUT2D eigenvalue weighted by atomic mass is 15.3. The molecule has 13 heavy (non-hydrogen) atoms. The molecule has 0 aliphatic rings. The molecular weight excluding hydrogens is 164 g/mol. The largest absolute Gasteiger partial charge is 0.357 e. The first kappa shape index (κ1) is 9.92. The normalized spacial score (nSPS) is 10.5. The Labute approximate surface area is 79.2 Å². The molecule has 1 aromatic heterocycles. The van der Waals surface area contributed by atoms with Crippen LogP contribution in [0.15, 0.2) is 18.3 Å². The van der Waals surface area contributed by atoms with Crippen LogP contribution in [-0.4, -0.2) is 49.3 Å². The van der Waals surface area contributed by atoms with Crippen LogP contribution in [0.25, 0.3) is 0 Å². The van der Waals surface area contributed by atoms with E-state index in [-0.39, 0.29) is 0 Å². The van der Waals surface area contributed by atoms with Crippen molar-refractivity contribution in [3.63, 3.8) is 0 Å². The fourth-order valence-corrected chi connectivity index (χ4v) is 0.962. The molecule has 1 aromatic rings. The molecule has 0 atom stereocenters. The second kappa shape index (κ2) is 4.77. The minimum absolute atomic E-state index is 0.921. The number of aromatic nitrogens is 2. The van der Waals surface area contributed by atoms with Gasteiger partial charge in [0.05, 0.1) is 0 Å². The van der Waals surface area contributed by atoms with Crippen molar-refractivity contribution in [2.24, 2.45) is 0 Å². The lowest BCUT2D eigenvalue weighted by molar-refractivity contribution is 0.416.